The smallest absolute Gasteiger partial charge is 0.335 e. The molecular formula is C17H18BrNO5. The lowest BCUT2D eigenvalue weighted by atomic mass is 10.1. The number of carboxylic acid groups (broad SMARTS) is 1. The first-order chi connectivity index (χ1) is 11.4. The highest BCUT2D eigenvalue weighted by Crippen LogP contribution is 2.22. The van der Waals surface area contributed by atoms with Crippen LogP contribution in [0.4, 0.5) is 0 Å². The fraction of sp³-hybridized carbons (Fsp3) is 0.294. The maximum Gasteiger partial charge on any atom is 0.335 e. The Bertz CT molecular complexity index is 740. The second-order valence-electron chi connectivity index (χ2n) is 5.29. The van der Waals surface area contributed by atoms with Crippen LogP contribution in [0.3, 0.4) is 0 Å². The number of nitrogens with one attached hydrogen (secondary N) is 1. The second-order valence-corrected chi connectivity index (χ2v) is 6.21. The number of hydrogen-bond donors (Lipinski definition) is 2. The van der Waals surface area contributed by atoms with Gasteiger partial charge in [-0.15, -0.1) is 0 Å². The fourth-order valence-corrected chi connectivity index (χ4v) is 2.74. The van der Waals surface area contributed by atoms with Gasteiger partial charge in [-0.25, -0.2) is 4.79 Å². The summed E-state index contributed by atoms with van der Waals surface area (Å²) in [7, 11) is 1.58. The molecule has 24 heavy (non-hydrogen) atoms. The molecule has 1 atom stereocenters. The SMILES string of the molecule is COCCC(NC(=O)c1cc(Br)cc(C(=O)O)c1)c1ccc(C)o1. The summed E-state index contributed by atoms with van der Waals surface area (Å²) >= 11 is 3.22. The number of aryl methyl sites for hydroxylation is 1. The van der Waals surface area contributed by atoms with Crippen LogP contribution in [0.5, 0.6) is 0 Å². The van der Waals surface area contributed by atoms with E-state index in [-0.39, 0.29) is 23.1 Å². The van der Waals surface area contributed by atoms with E-state index in [4.69, 9.17) is 14.3 Å². The standard InChI is InChI=1S/C17H18BrNO5/c1-10-3-4-15(24-10)14(5-6-23-2)19-16(20)11-7-12(17(21)22)9-13(18)8-11/h3-4,7-9,14H,5-6H2,1-2H3,(H,19,20)(H,21,22). The van der Waals surface area contributed by atoms with Crippen LogP contribution < -0.4 is 5.32 Å². The first kappa shape index (κ1) is 18.2. The van der Waals surface area contributed by atoms with Crippen molar-refractivity contribution in [2.75, 3.05) is 13.7 Å². The summed E-state index contributed by atoms with van der Waals surface area (Å²) in [6.45, 7) is 2.27. The molecule has 0 aliphatic carbocycles. The van der Waals surface area contributed by atoms with Gasteiger partial charge in [-0.3, -0.25) is 4.79 Å². The van der Waals surface area contributed by atoms with E-state index in [0.29, 0.717) is 23.3 Å². The van der Waals surface area contributed by atoms with Gasteiger partial charge in [-0.1, -0.05) is 15.9 Å². The molecule has 2 rings (SSSR count). The van der Waals surface area contributed by atoms with Crippen molar-refractivity contribution in [3.05, 3.63) is 57.5 Å². The molecule has 1 aromatic carbocycles. The van der Waals surface area contributed by atoms with Crippen LogP contribution in [-0.4, -0.2) is 30.7 Å². The van der Waals surface area contributed by atoms with Gasteiger partial charge in [0, 0.05) is 23.8 Å². The highest BCUT2D eigenvalue weighted by Gasteiger charge is 2.20. The van der Waals surface area contributed by atoms with Crippen LogP contribution in [0, 0.1) is 6.92 Å². The summed E-state index contributed by atoms with van der Waals surface area (Å²) < 4.78 is 11.2. The van der Waals surface area contributed by atoms with Gasteiger partial charge in [-0.05, 0) is 43.7 Å². The Morgan fingerprint density at radius 2 is 2.00 bits per heavy atom. The van der Waals surface area contributed by atoms with Gasteiger partial charge in [0.15, 0.2) is 0 Å². The topological polar surface area (TPSA) is 88.8 Å². The quantitative estimate of drug-likeness (QED) is 0.747. The van der Waals surface area contributed by atoms with Crippen molar-refractivity contribution in [2.24, 2.45) is 0 Å². The number of ether oxygens (including phenoxy) is 1. The first-order valence-electron chi connectivity index (χ1n) is 7.30. The van der Waals surface area contributed by atoms with Crippen LogP contribution >= 0.6 is 15.9 Å². The molecule has 0 fully saturated rings. The van der Waals surface area contributed by atoms with Gasteiger partial charge in [0.05, 0.1) is 11.6 Å². The van der Waals surface area contributed by atoms with E-state index in [1.165, 1.54) is 12.1 Å². The van der Waals surface area contributed by atoms with E-state index in [0.717, 1.165) is 5.76 Å². The molecule has 0 aliphatic rings. The van der Waals surface area contributed by atoms with Gasteiger partial charge in [0.25, 0.3) is 5.91 Å². The van der Waals surface area contributed by atoms with Crippen molar-refractivity contribution >= 4 is 27.8 Å². The number of furan rings is 1. The maximum absolute atomic E-state index is 12.5. The summed E-state index contributed by atoms with van der Waals surface area (Å²) in [5, 5.41) is 12.0. The third-order valence-corrected chi connectivity index (χ3v) is 3.89. The molecule has 1 unspecified atom stereocenters. The van der Waals surface area contributed by atoms with Crippen LogP contribution in [-0.2, 0) is 4.74 Å². The Labute approximate surface area is 147 Å². The number of aromatic carboxylic acids is 1. The Hall–Kier alpha value is -2.12. The summed E-state index contributed by atoms with van der Waals surface area (Å²) in [6.07, 6.45) is 0.537. The van der Waals surface area contributed by atoms with Gasteiger partial charge < -0.3 is 19.6 Å². The molecule has 2 aromatic rings. The van der Waals surface area contributed by atoms with Crippen LogP contribution in [0.1, 0.15) is 44.7 Å². The molecule has 0 bridgehead atoms. The number of rotatable bonds is 7. The van der Waals surface area contributed by atoms with Crippen LogP contribution in [0.15, 0.2) is 39.2 Å². The molecular weight excluding hydrogens is 378 g/mol. The minimum absolute atomic E-state index is 0.0387. The zero-order valence-corrected chi connectivity index (χ0v) is 14.9. The van der Waals surface area contributed by atoms with E-state index in [2.05, 4.69) is 21.2 Å². The number of carboxylic acids is 1. The Morgan fingerprint density at radius 3 is 2.58 bits per heavy atom. The Kier molecular flexibility index (Phi) is 6.16. The van der Waals surface area contributed by atoms with Crippen molar-refractivity contribution in [3.8, 4) is 0 Å². The average molecular weight is 396 g/mol. The Morgan fingerprint density at radius 1 is 1.29 bits per heavy atom. The summed E-state index contributed by atoms with van der Waals surface area (Å²) in [5.74, 6) is -0.0967. The van der Waals surface area contributed by atoms with E-state index in [1.54, 1.807) is 19.2 Å². The normalized spacial score (nSPS) is 12.0. The largest absolute Gasteiger partial charge is 0.478 e. The van der Waals surface area contributed by atoms with Gasteiger partial charge in [0.2, 0.25) is 0 Å². The molecule has 2 N–H and O–H groups in total. The second kappa shape index (κ2) is 8.12. The van der Waals surface area contributed by atoms with Crippen LogP contribution in [0.2, 0.25) is 0 Å². The summed E-state index contributed by atoms with van der Waals surface area (Å²) in [6, 6.07) is 7.62. The monoisotopic (exact) mass is 395 g/mol. The van der Waals surface area contributed by atoms with Crippen molar-refractivity contribution in [2.45, 2.75) is 19.4 Å². The van der Waals surface area contributed by atoms with E-state index in [9.17, 15) is 9.59 Å². The fourth-order valence-electron chi connectivity index (χ4n) is 2.25. The number of hydrogen-bond acceptors (Lipinski definition) is 4. The molecule has 7 heteroatoms. The number of carbonyl (C=O) groups excluding carboxylic acids is 1. The van der Waals surface area contributed by atoms with E-state index in [1.807, 2.05) is 13.0 Å². The van der Waals surface area contributed by atoms with Crippen LogP contribution in [0.25, 0.3) is 0 Å². The lowest BCUT2D eigenvalue weighted by Gasteiger charge is -2.17. The lowest BCUT2D eigenvalue weighted by molar-refractivity contribution is 0.0696. The van der Waals surface area contributed by atoms with E-state index < -0.39 is 5.97 Å². The maximum atomic E-state index is 12.5. The Balaban J connectivity index is 2.22. The highest BCUT2D eigenvalue weighted by molar-refractivity contribution is 9.10. The average Bonchev–Trinajstić information content (AvgIpc) is 2.96. The zero-order valence-electron chi connectivity index (χ0n) is 13.3. The van der Waals surface area contributed by atoms with Gasteiger partial charge >= 0.3 is 5.97 Å². The third kappa shape index (κ3) is 4.69. The third-order valence-electron chi connectivity index (χ3n) is 3.43. The predicted molar refractivity (Wildman–Crippen MR) is 91.2 cm³/mol. The zero-order chi connectivity index (χ0) is 17.7. The highest BCUT2D eigenvalue weighted by atomic mass is 79.9. The molecule has 6 nitrogen and oxygen atoms in total. The van der Waals surface area contributed by atoms with Crippen molar-refractivity contribution in [1.29, 1.82) is 0 Å². The number of methoxy groups -OCH3 is 1. The summed E-state index contributed by atoms with van der Waals surface area (Å²) in [5.41, 5.74) is 0.296. The molecule has 0 radical (unpaired) electrons. The molecule has 1 aromatic heterocycles. The summed E-state index contributed by atoms with van der Waals surface area (Å²) in [4.78, 5) is 23.6. The van der Waals surface area contributed by atoms with Crippen molar-refractivity contribution in [3.63, 3.8) is 0 Å². The minimum atomic E-state index is -1.09. The van der Waals surface area contributed by atoms with Crippen molar-refractivity contribution < 1.29 is 23.8 Å². The molecule has 0 saturated heterocycles. The molecule has 1 amide bonds. The number of benzene rings is 1. The minimum Gasteiger partial charge on any atom is -0.478 e. The number of amides is 1. The number of halogens is 1. The lowest BCUT2D eigenvalue weighted by Crippen LogP contribution is -2.29. The predicted octanol–water partition coefficient (Wildman–Crippen LogP) is 3.56. The molecule has 0 saturated carbocycles. The van der Waals surface area contributed by atoms with Gasteiger partial charge in [0.1, 0.15) is 11.5 Å². The molecule has 0 aliphatic heterocycles. The van der Waals surface area contributed by atoms with Crippen molar-refractivity contribution in [1.82, 2.24) is 5.32 Å². The molecule has 128 valence electrons. The molecule has 1 heterocycles. The first-order valence-corrected chi connectivity index (χ1v) is 8.10. The number of carbonyl (C=O) groups is 2. The molecule has 0 spiro atoms. The van der Waals surface area contributed by atoms with E-state index >= 15 is 0 Å². The van der Waals surface area contributed by atoms with Gasteiger partial charge in [-0.2, -0.15) is 0 Å².